The highest BCUT2D eigenvalue weighted by atomic mass is 32.2. The van der Waals surface area contributed by atoms with Gasteiger partial charge in [-0.25, -0.2) is 0 Å². The third kappa shape index (κ3) is 5.75. The van der Waals surface area contributed by atoms with Crippen LogP contribution in [0.5, 0.6) is 0 Å². The molecule has 0 aliphatic heterocycles. The number of rotatable bonds is 9. The van der Waals surface area contributed by atoms with Crippen LogP contribution in [-0.2, 0) is 18.7 Å². The van der Waals surface area contributed by atoms with Crippen molar-refractivity contribution >= 4 is 17.7 Å². The van der Waals surface area contributed by atoms with E-state index in [0.717, 1.165) is 28.0 Å². The van der Waals surface area contributed by atoms with Crippen molar-refractivity contribution in [3.8, 4) is 5.69 Å². The fraction of sp³-hybridized carbons (Fsp3) is 0.138. The molecule has 36 heavy (non-hydrogen) atoms. The van der Waals surface area contributed by atoms with E-state index in [4.69, 9.17) is 4.42 Å². The Morgan fingerprint density at radius 1 is 0.917 bits per heavy atom. The van der Waals surface area contributed by atoms with Gasteiger partial charge in [0.1, 0.15) is 11.6 Å². The van der Waals surface area contributed by atoms with Crippen LogP contribution in [0.3, 0.4) is 0 Å². The van der Waals surface area contributed by atoms with Crippen molar-refractivity contribution in [1.82, 2.24) is 20.1 Å². The standard InChI is InChI=1S/C29H26N4O2S/c1-21-7-5-10-25(17-21)33-27(18-22-8-3-2-4-9-22)31-32-29(33)36-20-23-12-14-24(15-13-23)28(34)30-19-26-11-6-16-35-26/h2-17H,18-20H2,1H3,(H,30,34). The second kappa shape index (κ2) is 11.1. The number of aryl methyl sites for hydroxylation is 1. The third-order valence-electron chi connectivity index (χ3n) is 5.75. The van der Waals surface area contributed by atoms with E-state index in [1.807, 2.05) is 48.5 Å². The van der Waals surface area contributed by atoms with E-state index in [1.165, 1.54) is 11.1 Å². The van der Waals surface area contributed by atoms with E-state index in [2.05, 4.69) is 63.4 Å². The maximum Gasteiger partial charge on any atom is 0.251 e. The minimum Gasteiger partial charge on any atom is -0.467 e. The van der Waals surface area contributed by atoms with E-state index in [-0.39, 0.29) is 5.91 Å². The summed E-state index contributed by atoms with van der Waals surface area (Å²) >= 11 is 1.63. The fourth-order valence-corrected chi connectivity index (χ4v) is 4.82. The topological polar surface area (TPSA) is 73.0 Å². The Morgan fingerprint density at radius 3 is 2.50 bits per heavy atom. The average Bonchev–Trinajstić information content (AvgIpc) is 3.57. The van der Waals surface area contributed by atoms with E-state index in [0.29, 0.717) is 24.3 Å². The number of carbonyl (C=O) groups is 1. The van der Waals surface area contributed by atoms with Crippen LogP contribution in [0.15, 0.2) is 107 Å². The highest BCUT2D eigenvalue weighted by molar-refractivity contribution is 7.98. The quantitative estimate of drug-likeness (QED) is 0.255. The minimum absolute atomic E-state index is 0.129. The Morgan fingerprint density at radius 2 is 1.75 bits per heavy atom. The molecule has 0 bridgehead atoms. The number of aromatic nitrogens is 3. The summed E-state index contributed by atoms with van der Waals surface area (Å²) in [6, 6.07) is 30.0. The van der Waals surface area contributed by atoms with Crippen molar-refractivity contribution in [1.29, 1.82) is 0 Å². The number of hydrogen-bond acceptors (Lipinski definition) is 5. The van der Waals surface area contributed by atoms with Crippen LogP contribution in [0.2, 0.25) is 0 Å². The first-order chi connectivity index (χ1) is 17.7. The monoisotopic (exact) mass is 494 g/mol. The minimum atomic E-state index is -0.129. The van der Waals surface area contributed by atoms with Gasteiger partial charge in [0.05, 0.1) is 12.8 Å². The summed E-state index contributed by atoms with van der Waals surface area (Å²) < 4.78 is 7.41. The lowest BCUT2D eigenvalue weighted by atomic mass is 10.1. The van der Waals surface area contributed by atoms with Gasteiger partial charge in [-0.3, -0.25) is 9.36 Å². The molecular formula is C29H26N4O2S. The van der Waals surface area contributed by atoms with Crippen LogP contribution >= 0.6 is 11.8 Å². The summed E-state index contributed by atoms with van der Waals surface area (Å²) in [5.74, 6) is 2.21. The molecule has 0 unspecified atom stereocenters. The van der Waals surface area contributed by atoms with E-state index < -0.39 is 0 Å². The molecule has 0 aliphatic carbocycles. The predicted molar refractivity (Wildman–Crippen MR) is 141 cm³/mol. The second-order valence-electron chi connectivity index (χ2n) is 8.48. The Bertz CT molecular complexity index is 1430. The summed E-state index contributed by atoms with van der Waals surface area (Å²) in [6.07, 6.45) is 2.29. The number of nitrogens with one attached hydrogen (secondary N) is 1. The first-order valence-corrected chi connectivity index (χ1v) is 12.7. The van der Waals surface area contributed by atoms with E-state index in [1.54, 1.807) is 24.1 Å². The molecule has 6 nitrogen and oxygen atoms in total. The second-order valence-corrected chi connectivity index (χ2v) is 9.43. The largest absolute Gasteiger partial charge is 0.467 e. The average molecular weight is 495 g/mol. The van der Waals surface area contributed by atoms with Gasteiger partial charge in [-0.05, 0) is 60.0 Å². The number of nitrogens with zero attached hydrogens (tertiary/aromatic N) is 3. The molecule has 0 spiro atoms. The normalized spacial score (nSPS) is 10.9. The fourth-order valence-electron chi connectivity index (χ4n) is 3.90. The lowest BCUT2D eigenvalue weighted by molar-refractivity contribution is 0.0948. The van der Waals surface area contributed by atoms with Crippen molar-refractivity contribution in [3.63, 3.8) is 0 Å². The number of hydrogen-bond donors (Lipinski definition) is 1. The summed E-state index contributed by atoms with van der Waals surface area (Å²) in [5.41, 5.74) is 5.14. The predicted octanol–water partition coefficient (Wildman–Crippen LogP) is 5.98. The Balaban J connectivity index is 1.30. The molecular weight excluding hydrogens is 468 g/mol. The lowest BCUT2D eigenvalue weighted by Gasteiger charge is -2.11. The maximum absolute atomic E-state index is 12.4. The van der Waals surface area contributed by atoms with Crippen molar-refractivity contribution in [3.05, 3.63) is 131 Å². The highest BCUT2D eigenvalue weighted by Gasteiger charge is 2.16. The van der Waals surface area contributed by atoms with Gasteiger partial charge in [0.2, 0.25) is 0 Å². The number of amides is 1. The number of thioether (sulfide) groups is 1. The SMILES string of the molecule is Cc1cccc(-n2c(Cc3ccccc3)nnc2SCc2ccc(C(=O)NCc3ccco3)cc2)c1. The molecule has 1 N–H and O–H groups in total. The zero-order valence-corrected chi connectivity index (χ0v) is 20.7. The van der Waals surface area contributed by atoms with E-state index in [9.17, 15) is 4.79 Å². The molecule has 0 radical (unpaired) electrons. The number of benzene rings is 3. The number of carbonyl (C=O) groups excluding carboxylic acids is 1. The van der Waals surface area contributed by atoms with Gasteiger partial charge >= 0.3 is 0 Å². The summed E-state index contributed by atoms with van der Waals surface area (Å²) in [7, 11) is 0. The molecule has 180 valence electrons. The van der Waals surface area contributed by atoms with Crippen LogP contribution in [0.25, 0.3) is 5.69 Å². The van der Waals surface area contributed by atoms with Gasteiger partial charge in [0.25, 0.3) is 5.91 Å². The Labute approximate surface area is 214 Å². The van der Waals surface area contributed by atoms with E-state index >= 15 is 0 Å². The first-order valence-electron chi connectivity index (χ1n) is 11.7. The molecule has 1 amide bonds. The summed E-state index contributed by atoms with van der Waals surface area (Å²) in [5, 5.41) is 12.8. The van der Waals surface area contributed by atoms with Gasteiger partial charge in [0, 0.05) is 23.4 Å². The summed E-state index contributed by atoms with van der Waals surface area (Å²) in [4.78, 5) is 12.4. The van der Waals surface area contributed by atoms with Crippen LogP contribution < -0.4 is 5.32 Å². The molecule has 7 heteroatoms. The molecule has 3 aromatic carbocycles. The summed E-state index contributed by atoms with van der Waals surface area (Å²) in [6.45, 7) is 2.45. The van der Waals surface area contributed by atoms with Crippen LogP contribution in [0.1, 0.15) is 38.6 Å². The lowest BCUT2D eigenvalue weighted by Crippen LogP contribution is -2.22. The van der Waals surface area contributed by atoms with Gasteiger partial charge in [0.15, 0.2) is 5.16 Å². The highest BCUT2D eigenvalue weighted by Crippen LogP contribution is 2.27. The van der Waals surface area contributed by atoms with Crippen molar-refractivity contribution in [2.45, 2.75) is 30.8 Å². The Kier molecular flexibility index (Phi) is 7.28. The van der Waals surface area contributed by atoms with Crippen molar-refractivity contribution in [2.24, 2.45) is 0 Å². The van der Waals surface area contributed by atoms with Crippen molar-refractivity contribution in [2.75, 3.05) is 0 Å². The molecule has 0 aliphatic rings. The van der Waals surface area contributed by atoms with Crippen LogP contribution in [-0.4, -0.2) is 20.7 Å². The molecule has 5 rings (SSSR count). The van der Waals surface area contributed by atoms with Gasteiger partial charge in [-0.2, -0.15) is 0 Å². The smallest absolute Gasteiger partial charge is 0.251 e. The van der Waals surface area contributed by atoms with Crippen LogP contribution in [0.4, 0.5) is 0 Å². The molecule has 5 aromatic rings. The zero-order chi connectivity index (χ0) is 24.7. The zero-order valence-electron chi connectivity index (χ0n) is 19.9. The molecule has 2 heterocycles. The number of furan rings is 1. The van der Waals surface area contributed by atoms with Crippen LogP contribution in [0, 0.1) is 6.92 Å². The molecule has 0 fully saturated rings. The van der Waals surface area contributed by atoms with Gasteiger partial charge in [-0.1, -0.05) is 66.4 Å². The molecule has 0 saturated heterocycles. The third-order valence-corrected chi connectivity index (χ3v) is 6.75. The Hall–Kier alpha value is -4.10. The first kappa shape index (κ1) is 23.6. The molecule has 0 saturated carbocycles. The maximum atomic E-state index is 12.4. The van der Waals surface area contributed by atoms with Gasteiger partial charge in [-0.15, -0.1) is 10.2 Å². The van der Waals surface area contributed by atoms with Crippen molar-refractivity contribution < 1.29 is 9.21 Å². The molecule has 2 aromatic heterocycles. The van der Waals surface area contributed by atoms with Gasteiger partial charge < -0.3 is 9.73 Å². The molecule has 0 atom stereocenters.